The zero-order valence-corrected chi connectivity index (χ0v) is 17.9. The maximum Gasteiger partial charge on any atom is 0.292 e. The van der Waals surface area contributed by atoms with E-state index in [0.717, 1.165) is 24.9 Å². The van der Waals surface area contributed by atoms with E-state index in [2.05, 4.69) is 12.1 Å². The van der Waals surface area contributed by atoms with E-state index < -0.39 is 0 Å². The van der Waals surface area contributed by atoms with Crippen LogP contribution in [-0.4, -0.2) is 54.4 Å². The zero-order valence-electron chi connectivity index (χ0n) is 17.9. The standard InChI is InChI=1S/C24H26N4O4/c29-23-15-19(16-27(23)20-9-8-17-4-3-5-18(17)14-20)24(30)26-12-10-25(11-13-26)21-6-1-2-7-22(21)28(31)32/h1-2,6-9,14,19H,3-5,10-13,15-16H2. The molecule has 2 aromatic rings. The van der Waals surface area contributed by atoms with Crippen LogP contribution in [0, 0.1) is 16.0 Å². The molecule has 2 aliphatic heterocycles. The van der Waals surface area contributed by atoms with Crippen LogP contribution in [0.3, 0.4) is 0 Å². The van der Waals surface area contributed by atoms with E-state index >= 15 is 0 Å². The molecule has 1 unspecified atom stereocenters. The molecule has 0 N–H and O–H groups in total. The second-order valence-electron chi connectivity index (χ2n) is 8.77. The third-order valence-electron chi connectivity index (χ3n) is 6.88. The average molecular weight is 434 g/mol. The van der Waals surface area contributed by atoms with Crippen molar-refractivity contribution in [3.8, 4) is 0 Å². The second kappa shape index (κ2) is 8.26. The summed E-state index contributed by atoms with van der Waals surface area (Å²) in [6, 6.07) is 12.9. The zero-order chi connectivity index (χ0) is 22.2. The first kappa shape index (κ1) is 20.5. The van der Waals surface area contributed by atoms with E-state index in [1.807, 2.05) is 11.0 Å². The minimum absolute atomic E-state index is 0.000145. The Balaban J connectivity index is 1.23. The van der Waals surface area contributed by atoms with Gasteiger partial charge in [0.1, 0.15) is 5.69 Å². The number of piperazine rings is 1. The van der Waals surface area contributed by atoms with Crippen molar-refractivity contribution in [3.63, 3.8) is 0 Å². The van der Waals surface area contributed by atoms with Crippen molar-refractivity contribution >= 4 is 28.9 Å². The summed E-state index contributed by atoms with van der Waals surface area (Å²) in [4.78, 5) is 42.3. The summed E-state index contributed by atoms with van der Waals surface area (Å²) in [6.07, 6.45) is 3.55. The van der Waals surface area contributed by atoms with Gasteiger partial charge in [-0.3, -0.25) is 19.7 Å². The Bertz CT molecular complexity index is 1080. The predicted molar refractivity (Wildman–Crippen MR) is 121 cm³/mol. The van der Waals surface area contributed by atoms with Gasteiger partial charge in [0, 0.05) is 50.9 Å². The molecule has 1 aliphatic carbocycles. The Hall–Kier alpha value is -3.42. The number of amides is 2. The van der Waals surface area contributed by atoms with Gasteiger partial charge >= 0.3 is 0 Å². The number of nitro benzene ring substituents is 1. The Kier molecular flexibility index (Phi) is 5.28. The van der Waals surface area contributed by atoms with Crippen LogP contribution < -0.4 is 9.80 Å². The molecule has 0 spiro atoms. The van der Waals surface area contributed by atoms with Gasteiger partial charge in [0.2, 0.25) is 11.8 Å². The van der Waals surface area contributed by atoms with Crippen molar-refractivity contribution in [2.75, 3.05) is 42.5 Å². The van der Waals surface area contributed by atoms with Crippen molar-refractivity contribution in [1.82, 2.24) is 4.90 Å². The molecule has 0 radical (unpaired) electrons. The fraction of sp³-hybridized carbons (Fsp3) is 0.417. The van der Waals surface area contributed by atoms with E-state index in [-0.39, 0.29) is 34.8 Å². The topological polar surface area (TPSA) is 87.0 Å². The van der Waals surface area contributed by atoms with E-state index in [9.17, 15) is 19.7 Å². The van der Waals surface area contributed by atoms with Gasteiger partial charge < -0.3 is 14.7 Å². The fourth-order valence-electron chi connectivity index (χ4n) is 5.16. The van der Waals surface area contributed by atoms with Crippen LogP contribution in [0.15, 0.2) is 42.5 Å². The van der Waals surface area contributed by atoms with Gasteiger partial charge in [0.25, 0.3) is 5.69 Å². The molecule has 2 fully saturated rings. The molecule has 32 heavy (non-hydrogen) atoms. The minimum atomic E-state index is -0.370. The first-order valence-corrected chi connectivity index (χ1v) is 11.2. The van der Waals surface area contributed by atoms with Gasteiger partial charge in [-0.1, -0.05) is 18.2 Å². The van der Waals surface area contributed by atoms with Crippen molar-refractivity contribution in [3.05, 3.63) is 63.7 Å². The van der Waals surface area contributed by atoms with E-state index in [0.29, 0.717) is 38.4 Å². The summed E-state index contributed by atoms with van der Waals surface area (Å²) in [6.45, 7) is 2.47. The fourth-order valence-corrected chi connectivity index (χ4v) is 5.16. The van der Waals surface area contributed by atoms with Gasteiger partial charge in [-0.25, -0.2) is 0 Å². The van der Waals surface area contributed by atoms with Gasteiger partial charge in [-0.2, -0.15) is 0 Å². The number of hydrogen-bond donors (Lipinski definition) is 0. The molecule has 2 heterocycles. The summed E-state index contributed by atoms with van der Waals surface area (Å²) in [5, 5.41) is 11.3. The van der Waals surface area contributed by atoms with Crippen LogP contribution in [0.4, 0.5) is 17.1 Å². The van der Waals surface area contributed by atoms with Gasteiger partial charge in [0.05, 0.1) is 10.8 Å². The van der Waals surface area contributed by atoms with Crippen molar-refractivity contribution in [1.29, 1.82) is 0 Å². The van der Waals surface area contributed by atoms with Crippen molar-refractivity contribution in [2.24, 2.45) is 5.92 Å². The first-order chi connectivity index (χ1) is 15.5. The Morgan fingerprint density at radius 1 is 1.00 bits per heavy atom. The van der Waals surface area contributed by atoms with E-state index in [1.165, 1.54) is 17.2 Å². The van der Waals surface area contributed by atoms with E-state index in [1.54, 1.807) is 28.0 Å². The number of rotatable bonds is 4. The number of nitro groups is 1. The molecule has 1 atom stereocenters. The molecule has 2 amide bonds. The smallest absolute Gasteiger partial charge is 0.292 e. The van der Waals surface area contributed by atoms with Crippen LogP contribution in [0.2, 0.25) is 0 Å². The van der Waals surface area contributed by atoms with Gasteiger partial charge in [0.15, 0.2) is 0 Å². The molecule has 5 rings (SSSR count). The Morgan fingerprint density at radius 3 is 2.53 bits per heavy atom. The van der Waals surface area contributed by atoms with Crippen LogP contribution in [-0.2, 0) is 22.4 Å². The molecule has 166 valence electrons. The lowest BCUT2D eigenvalue weighted by Gasteiger charge is -2.36. The quantitative estimate of drug-likeness (QED) is 0.546. The highest BCUT2D eigenvalue weighted by Crippen LogP contribution is 2.32. The highest BCUT2D eigenvalue weighted by Gasteiger charge is 2.38. The number of anilines is 2. The number of aryl methyl sites for hydroxylation is 2. The SMILES string of the molecule is O=C(C1CC(=O)N(c2ccc3c(c2)CCC3)C1)N1CCN(c2ccccc2[N+](=O)[O-])CC1. The average Bonchev–Trinajstić information content (AvgIpc) is 3.44. The number of carbonyl (C=O) groups is 2. The summed E-state index contributed by atoms with van der Waals surface area (Å²) < 4.78 is 0. The molecule has 3 aliphatic rings. The number of para-hydroxylation sites is 2. The molecule has 2 aromatic carbocycles. The Morgan fingerprint density at radius 2 is 1.75 bits per heavy atom. The van der Waals surface area contributed by atoms with Gasteiger partial charge in [-0.05, 0) is 48.6 Å². The molecule has 8 heteroatoms. The number of nitrogens with zero attached hydrogens (tertiary/aromatic N) is 4. The molecule has 8 nitrogen and oxygen atoms in total. The molecule has 0 bridgehead atoms. The third-order valence-corrected chi connectivity index (χ3v) is 6.88. The molecular formula is C24H26N4O4. The maximum absolute atomic E-state index is 13.1. The third kappa shape index (κ3) is 3.70. The number of fused-ring (bicyclic) bond motifs is 1. The number of benzene rings is 2. The highest BCUT2D eigenvalue weighted by molar-refractivity contribution is 6.00. The summed E-state index contributed by atoms with van der Waals surface area (Å²) in [5.74, 6) is -0.336. The van der Waals surface area contributed by atoms with Crippen LogP contribution in [0.25, 0.3) is 0 Å². The van der Waals surface area contributed by atoms with Crippen molar-refractivity contribution < 1.29 is 14.5 Å². The van der Waals surface area contributed by atoms with Crippen molar-refractivity contribution in [2.45, 2.75) is 25.7 Å². The predicted octanol–water partition coefficient (Wildman–Crippen LogP) is 2.79. The second-order valence-corrected chi connectivity index (χ2v) is 8.77. The largest absolute Gasteiger partial charge is 0.362 e. The normalized spacial score (nSPS) is 20.6. The molecule has 0 saturated carbocycles. The molecular weight excluding hydrogens is 408 g/mol. The van der Waals surface area contributed by atoms with Gasteiger partial charge in [-0.15, -0.1) is 0 Å². The maximum atomic E-state index is 13.1. The Labute approximate surface area is 186 Å². The highest BCUT2D eigenvalue weighted by atomic mass is 16.6. The lowest BCUT2D eigenvalue weighted by Crippen LogP contribution is -2.50. The first-order valence-electron chi connectivity index (χ1n) is 11.2. The molecule has 2 saturated heterocycles. The summed E-state index contributed by atoms with van der Waals surface area (Å²) >= 11 is 0. The number of carbonyl (C=O) groups excluding carboxylic acids is 2. The minimum Gasteiger partial charge on any atom is -0.362 e. The number of hydrogen-bond acceptors (Lipinski definition) is 5. The lowest BCUT2D eigenvalue weighted by atomic mass is 10.1. The monoisotopic (exact) mass is 434 g/mol. The summed E-state index contributed by atoms with van der Waals surface area (Å²) in [7, 11) is 0. The summed E-state index contributed by atoms with van der Waals surface area (Å²) in [5.41, 5.74) is 4.25. The van der Waals surface area contributed by atoms with Crippen LogP contribution in [0.5, 0.6) is 0 Å². The molecule has 0 aromatic heterocycles. The lowest BCUT2D eigenvalue weighted by molar-refractivity contribution is -0.384. The van der Waals surface area contributed by atoms with Crippen LogP contribution >= 0.6 is 0 Å². The van der Waals surface area contributed by atoms with E-state index in [4.69, 9.17) is 0 Å². The van der Waals surface area contributed by atoms with Crippen LogP contribution in [0.1, 0.15) is 24.0 Å².